The summed E-state index contributed by atoms with van der Waals surface area (Å²) in [4.78, 5) is 1.35. The van der Waals surface area contributed by atoms with Gasteiger partial charge in [0.25, 0.3) is 0 Å². The Labute approximate surface area is 133 Å². The number of hydrogen-bond acceptors (Lipinski definition) is 4. The first-order valence-electron chi connectivity index (χ1n) is 7.37. The Morgan fingerprint density at radius 2 is 2.18 bits per heavy atom. The Hall–Kier alpha value is -2.27. The van der Waals surface area contributed by atoms with E-state index in [1.54, 1.807) is 18.4 Å². The highest BCUT2D eigenvalue weighted by atomic mass is 32.1. The number of thiophene rings is 1. The van der Waals surface area contributed by atoms with Crippen molar-refractivity contribution in [2.45, 2.75) is 12.8 Å². The van der Waals surface area contributed by atoms with Gasteiger partial charge in [0.05, 0.1) is 12.8 Å². The van der Waals surface area contributed by atoms with Crippen molar-refractivity contribution in [1.82, 2.24) is 9.78 Å². The van der Waals surface area contributed by atoms with E-state index in [4.69, 9.17) is 9.84 Å². The van der Waals surface area contributed by atoms with Crippen molar-refractivity contribution in [3.8, 4) is 11.4 Å². The normalized spacial score (nSPS) is 13.0. The number of nitrogens with zero attached hydrogens (tertiary/aromatic N) is 2. The van der Waals surface area contributed by atoms with Crippen LogP contribution in [-0.4, -0.2) is 23.4 Å². The predicted molar refractivity (Wildman–Crippen MR) is 89.4 cm³/mol. The van der Waals surface area contributed by atoms with Crippen LogP contribution in [-0.2, 0) is 12.8 Å². The molecule has 0 bridgehead atoms. The zero-order valence-corrected chi connectivity index (χ0v) is 13.2. The van der Waals surface area contributed by atoms with Crippen LogP contribution in [0.3, 0.4) is 0 Å². The van der Waals surface area contributed by atoms with E-state index in [9.17, 15) is 0 Å². The van der Waals surface area contributed by atoms with E-state index in [-0.39, 0.29) is 0 Å². The average molecular weight is 311 g/mol. The molecule has 0 unspecified atom stereocenters. The highest BCUT2D eigenvalue weighted by Gasteiger charge is 2.24. The van der Waals surface area contributed by atoms with Gasteiger partial charge in [0, 0.05) is 23.4 Å². The van der Waals surface area contributed by atoms with E-state index in [0.717, 1.165) is 42.3 Å². The quantitative estimate of drug-likeness (QED) is 0.801. The van der Waals surface area contributed by atoms with Crippen molar-refractivity contribution in [2.24, 2.45) is 0 Å². The lowest BCUT2D eigenvalue weighted by Gasteiger charge is -2.10. The molecule has 0 spiro atoms. The van der Waals surface area contributed by atoms with Gasteiger partial charge in [0.15, 0.2) is 0 Å². The van der Waals surface area contributed by atoms with Crippen molar-refractivity contribution in [1.29, 1.82) is 0 Å². The van der Waals surface area contributed by atoms with Gasteiger partial charge in [0.2, 0.25) is 0 Å². The smallest absolute Gasteiger partial charge is 0.144 e. The van der Waals surface area contributed by atoms with Crippen LogP contribution in [0, 0.1) is 0 Å². The van der Waals surface area contributed by atoms with Crippen molar-refractivity contribution in [2.75, 3.05) is 19.0 Å². The zero-order valence-electron chi connectivity index (χ0n) is 12.4. The molecular weight excluding hydrogens is 294 g/mol. The summed E-state index contributed by atoms with van der Waals surface area (Å²) in [7, 11) is 1.70. The van der Waals surface area contributed by atoms with E-state index in [2.05, 4.69) is 22.8 Å². The summed E-state index contributed by atoms with van der Waals surface area (Å²) in [5.74, 6) is 1.94. The topological polar surface area (TPSA) is 39.1 Å². The molecule has 0 fully saturated rings. The third-order valence-electron chi connectivity index (χ3n) is 3.97. The van der Waals surface area contributed by atoms with Crippen molar-refractivity contribution in [3.05, 3.63) is 57.9 Å². The van der Waals surface area contributed by atoms with E-state index in [1.807, 2.05) is 28.9 Å². The summed E-state index contributed by atoms with van der Waals surface area (Å²) in [5, 5.41) is 10.4. The summed E-state index contributed by atoms with van der Waals surface area (Å²) in [6.07, 6.45) is 1.93. The number of hydrogen-bond donors (Lipinski definition) is 1. The number of anilines is 1. The number of rotatable bonds is 4. The molecule has 112 valence electrons. The van der Waals surface area contributed by atoms with E-state index >= 15 is 0 Å². The second kappa shape index (κ2) is 5.50. The maximum atomic E-state index is 5.49. The molecule has 5 heteroatoms. The van der Waals surface area contributed by atoms with Crippen molar-refractivity contribution < 1.29 is 4.74 Å². The number of nitrogens with one attached hydrogen (secondary N) is 1. The number of ether oxygens (including phenoxy) is 1. The van der Waals surface area contributed by atoms with Crippen LogP contribution in [0.1, 0.15) is 16.1 Å². The van der Waals surface area contributed by atoms with E-state index < -0.39 is 0 Å². The van der Waals surface area contributed by atoms with Gasteiger partial charge in [-0.1, -0.05) is 18.2 Å². The van der Waals surface area contributed by atoms with Gasteiger partial charge in [-0.05, 0) is 30.0 Å². The molecule has 4 nitrogen and oxygen atoms in total. The van der Waals surface area contributed by atoms with Gasteiger partial charge in [-0.15, -0.1) is 11.3 Å². The fraction of sp³-hybridized carbons (Fsp3) is 0.235. The molecule has 1 aromatic carbocycles. The number of para-hydroxylation sites is 2. The fourth-order valence-electron chi connectivity index (χ4n) is 2.95. The molecular formula is C17H17N3OS. The Morgan fingerprint density at radius 3 is 3.00 bits per heavy atom. The molecule has 0 amide bonds. The van der Waals surface area contributed by atoms with Crippen LogP contribution in [0.15, 0.2) is 41.8 Å². The summed E-state index contributed by atoms with van der Waals surface area (Å²) in [5.41, 5.74) is 3.47. The van der Waals surface area contributed by atoms with Crippen molar-refractivity contribution >= 4 is 17.2 Å². The molecule has 0 aliphatic carbocycles. The van der Waals surface area contributed by atoms with Crippen LogP contribution >= 0.6 is 11.3 Å². The highest BCUT2D eigenvalue weighted by molar-refractivity contribution is 7.09. The first-order valence-corrected chi connectivity index (χ1v) is 8.25. The maximum Gasteiger partial charge on any atom is 0.144 e. The second-order valence-corrected chi connectivity index (χ2v) is 6.32. The van der Waals surface area contributed by atoms with Gasteiger partial charge < -0.3 is 10.1 Å². The highest BCUT2D eigenvalue weighted by Crippen LogP contribution is 2.33. The average Bonchev–Trinajstić information content (AvgIpc) is 3.26. The standard InChI is InChI=1S/C17H17N3OS/c1-21-16-7-3-2-6-15(16)20-17-13(8-9-18-17)14(19-20)11-12-5-4-10-22-12/h2-7,10,18H,8-9,11H2,1H3. The summed E-state index contributed by atoms with van der Waals surface area (Å²) >= 11 is 1.78. The molecule has 2 aromatic heterocycles. The maximum absolute atomic E-state index is 5.49. The molecule has 0 radical (unpaired) electrons. The first-order chi connectivity index (χ1) is 10.9. The Kier molecular flexibility index (Phi) is 3.35. The SMILES string of the molecule is COc1ccccc1-n1nc(Cc2cccs2)c2c1NCC2. The molecule has 1 aliphatic rings. The summed E-state index contributed by atoms with van der Waals surface area (Å²) < 4.78 is 7.48. The molecule has 0 saturated carbocycles. The molecule has 1 aliphatic heterocycles. The molecule has 4 rings (SSSR count). The fourth-order valence-corrected chi connectivity index (χ4v) is 3.65. The van der Waals surface area contributed by atoms with Gasteiger partial charge in [-0.2, -0.15) is 5.10 Å². The van der Waals surface area contributed by atoms with Gasteiger partial charge in [-0.3, -0.25) is 0 Å². The van der Waals surface area contributed by atoms with Gasteiger partial charge in [-0.25, -0.2) is 4.68 Å². The second-order valence-electron chi connectivity index (χ2n) is 5.29. The number of fused-ring (bicyclic) bond motifs is 1. The minimum Gasteiger partial charge on any atom is -0.494 e. The van der Waals surface area contributed by atoms with Crippen LogP contribution in [0.2, 0.25) is 0 Å². The summed E-state index contributed by atoms with van der Waals surface area (Å²) in [6.45, 7) is 0.972. The Balaban J connectivity index is 1.81. The molecule has 3 heterocycles. The minimum atomic E-state index is 0.837. The molecule has 3 aromatic rings. The van der Waals surface area contributed by atoms with Crippen LogP contribution in [0.25, 0.3) is 5.69 Å². The Morgan fingerprint density at radius 1 is 1.27 bits per heavy atom. The molecule has 1 N–H and O–H groups in total. The van der Waals surface area contributed by atoms with E-state index in [1.165, 1.54) is 10.4 Å². The number of benzene rings is 1. The summed E-state index contributed by atoms with van der Waals surface area (Å²) in [6, 6.07) is 12.3. The van der Waals surface area contributed by atoms with Crippen LogP contribution in [0.5, 0.6) is 5.75 Å². The third kappa shape index (κ3) is 2.18. The monoisotopic (exact) mass is 311 g/mol. The predicted octanol–water partition coefficient (Wildman–Crippen LogP) is 3.50. The van der Waals surface area contributed by atoms with Gasteiger partial charge in [0.1, 0.15) is 17.3 Å². The van der Waals surface area contributed by atoms with Crippen LogP contribution < -0.4 is 10.1 Å². The lowest BCUT2D eigenvalue weighted by Crippen LogP contribution is -2.06. The molecule has 0 atom stereocenters. The lowest BCUT2D eigenvalue weighted by atomic mass is 10.1. The molecule has 22 heavy (non-hydrogen) atoms. The largest absolute Gasteiger partial charge is 0.494 e. The lowest BCUT2D eigenvalue weighted by molar-refractivity contribution is 0.412. The third-order valence-corrected chi connectivity index (χ3v) is 4.85. The minimum absolute atomic E-state index is 0.837. The van der Waals surface area contributed by atoms with E-state index in [0.29, 0.717) is 0 Å². The van der Waals surface area contributed by atoms with Crippen LogP contribution in [0.4, 0.5) is 5.82 Å². The zero-order chi connectivity index (χ0) is 14.9. The first kappa shape index (κ1) is 13.4. The Bertz CT molecular complexity index is 792. The number of aromatic nitrogens is 2. The van der Waals surface area contributed by atoms with Gasteiger partial charge >= 0.3 is 0 Å². The van der Waals surface area contributed by atoms with Crippen molar-refractivity contribution in [3.63, 3.8) is 0 Å². The number of methoxy groups -OCH3 is 1. The molecule has 0 saturated heterocycles.